The number of hydrogen-bond acceptors (Lipinski definition) is 6. The van der Waals surface area contributed by atoms with Crippen molar-refractivity contribution in [3.05, 3.63) is 102 Å². The molecule has 0 fully saturated rings. The van der Waals surface area contributed by atoms with Crippen LogP contribution in [0.15, 0.2) is 88.9 Å². The Morgan fingerprint density at radius 3 is 2.17 bits per heavy atom. The first-order chi connectivity index (χ1) is 18.8. The molecule has 0 saturated heterocycles. The molecule has 208 valence electrons. The average molecular weight is 575 g/mol. The SMILES string of the molecule is COc1cccc(C(=O)O/N=C(\c2cc(-c3ccc(S(C)(=O)=O)cc3)n(-c3ccc(F)cc3)c2C)C(F)(F)F)c1. The Balaban J connectivity index is 1.86. The molecule has 0 N–H and O–H groups in total. The molecule has 0 aliphatic carbocycles. The molecular weight excluding hydrogens is 552 g/mol. The van der Waals surface area contributed by atoms with Gasteiger partial charge in [0, 0.05) is 23.2 Å². The lowest BCUT2D eigenvalue weighted by Gasteiger charge is -2.14. The minimum atomic E-state index is -5.04. The highest BCUT2D eigenvalue weighted by Gasteiger charge is 2.40. The zero-order valence-electron chi connectivity index (χ0n) is 21.4. The largest absolute Gasteiger partial charge is 0.497 e. The second-order valence-electron chi connectivity index (χ2n) is 8.69. The molecule has 1 aromatic heterocycles. The third kappa shape index (κ3) is 6.07. The number of halogens is 4. The summed E-state index contributed by atoms with van der Waals surface area (Å²) in [7, 11) is -2.15. The number of alkyl halides is 3. The van der Waals surface area contributed by atoms with E-state index in [0.717, 1.165) is 18.4 Å². The number of carbonyl (C=O) groups excluding carboxylic acids is 1. The van der Waals surface area contributed by atoms with E-state index in [9.17, 15) is 30.8 Å². The van der Waals surface area contributed by atoms with Gasteiger partial charge in [0.05, 0.1) is 23.3 Å². The Kier molecular flexibility index (Phi) is 7.83. The van der Waals surface area contributed by atoms with Gasteiger partial charge in [-0.1, -0.05) is 23.4 Å². The summed E-state index contributed by atoms with van der Waals surface area (Å²) in [6.07, 6.45) is -4.00. The Bertz CT molecular complexity index is 1690. The van der Waals surface area contributed by atoms with Gasteiger partial charge in [-0.3, -0.25) is 0 Å². The first kappa shape index (κ1) is 28.6. The maximum Gasteiger partial charge on any atom is 0.437 e. The van der Waals surface area contributed by atoms with Crippen molar-refractivity contribution in [3.63, 3.8) is 0 Å². The van der Waals surface area contributed by atoms with Crippen molar-refractivity contribution in [1.29, 1.82) is 0 Å². The second-order valence-corrected chi connectivity index (χ2v) is 10.7. The summed E-state index contributed by atoms with van der Waals surface area (Å²) in [5.41, 5.74) is -0.953. The minimum absolute atomic E-state index is 0.0232. The van der Waals surface area contributed by atoms with Gasteiger partial charge in [-0.25, -0.2) is 17.6 Å². The zero-order valence-corrected chi connectivity index (χ0v) is 22.2. The van der Waals surface area contributed by atoms with Crippen LogP contribution in [0, 0.1) is 12.7 Å². The van der Waals surface area contributed by atoms with Gasteiger partial charge in [0.2, 0.25) is 0 Å². The molecule has 3 aromatic carbocycles. The molecule has 1 heterocycles. The number of aromatic nitrogens is 1. The van der Waals surface area contributed by atoms with Gasteiger partial charge in [-0.2, -0.15) is 13.2 Å². The highest BCUT2D eigenvalue weighted by molar-refractivity contribution is 7.90. The molecule has 0 aliphatic heterocycles. The molecule has 40 heavy (non-hydrogen) atoms. The van der Waals surface area contributed by atoms with Crippen LogP contribution in [0.3, 0.4) is 0 Å². The topological polar surface area (TPSA) is 87.0 Å². The maximum absolute atomic E-state index is 14.3. The minimum Gasteiger partial charge on any atom is -0.497 e. The van der Waals surface area contributed by atoms with Crippen LogP contribution in [0.5, 0.6) is 5.75 Å². The van der Waals surface area contributed by atoms with E-state index >= 15 is 0 Å². The molecule has 0 radical (unpaired) electrons. The van der Waals surface area contributed by atoms with E-state index in [1.165, 1.54) is 79.3 Å². The summed E-state index contributed by atoms with van der Waals surface area (Å²) < 4.78 is 86.7. The quantitative estimate of drug-likeness (QED) is 0.115. The van der Waals surface area contributed by atoms with E-state index in [1.807, 2.05) is 0 Å². The highest BCUT2D eigenvalue weighted by Crippen LogP contribution is 2.34. The van der Waals surface area contributed by atoms with Crippen LogP contribution in [0.4, 0.5) is 17.6 Å². The monoisotopic (exact) mass is 574 g/mol. The maximum atomic E-state index is 14.3. The Morgan fingerprint density at radius 2 is 1.60 bits per heavy atom. The molecule has 4 rings (SSSR count). The fourth-order valence-electron chi connectivity index (χ4n) is 4.00. The van der Waals surface area contributed by atoms with Crippen molar-refractivity contribution in [1.82, 2.24) is 4.57 Å². The summed E-state index contributed by atoms with van der Waals surface area (Å²) in [4.78, 5) is 17.2. The lowest BCUT2D eigenvalue weighted by atomic mass is 10.1. The fourth-order valence-corrected chi connectivity index (χ4v) is 4.63. The Hall–Kier alpha value is -4.45. The smallest absolute Gasteiger partial charge is 0.437 e. The molecule has 12 heteroatoms. The number of hydrogen-bond donors (Lipinski definition) is 0. The predicted octanol–water partition coefficient (Wildman–Crippen LogP) is 6.13. The molecule has 0 aliphatic rings. The third-order valence-electron chi connectivity index (χ3n) is 5.96. The van der Waals surface area contributed by atoms with Crippen molar-refractivity contribution in [2.45, 2.75) is 18.0 Å². The van der Waals surface area contributed by atoms with Crippen LogP contribution >= 0.6 is 0 Å². The molecule has 4 aromatic rings. The van der Waals surface area contributed by atoms with Crippen LogP contribution in [0.2, 0.25) is 0 Å². The van der Waals surface area contributed by atoms with Crippen molar-refractivity contribution in [2.75, 3.05) is 13.4 Å². The summed E-state index contributed by atoms with van der Waals surface area (Å²) in [5, 5.41) is 3.21. The summed E-state index contributed by atoms with van der Waals surface area (Å²) in [6.45, 7) is 1.40. The average Bonchev–Trinajstić information content (AvgIpc) is 3.24. The number of sulfone groups is 1. The molecule has 0 saturated carbocycles. The number of benzene rings is 3. The van der Waals surface area contributed by atoms with E-state index < -0.39 is 39.1 Å². The normalized spacial score (nSPS) is 12.3. The third-order valence-corrected chi connectivity index (χ3v) is 7.09. The first-order valence-electron chi connectivity index (χ1n) is 11.6. The van der Waals surface area contributed by atoms with Gasteiger partial charge in [0.25, 0.3) is 0 Å². The van der Waals surface area contributed by atoms with Crippen LogP contribution in [0.1, 0.15) is 21.6 Å². The molecular formula is C28H22F4N2O5S. The van der Waals surface area contributed by atoms with Crippen LogP contribution < -0.4 is 4.74 Å². The van der Waals surface area contributed by atoms with Crippen molar-refractivity contribution < 1.29 is 40.3 Å². The van der Waals surface area contributed by atoms with E-state index in [0.29, 0.717) is 17.0 Å². The van der Waals surface area contributed by atoms with E-state index in [2.05, 4.69) is 5.16 Å². The van der Waals surface area contributed by atoms with E-state index in [4.69, 9.17) is 9.57 Å². The van der Waals surface area contributed by atoms with Gasteiger partial charge in [-0.15, -0.1) is 0 Å². The number of carbonyl (C=O) groups is 1. The van der Waals surface area contributed by atoms with Crippen LogP contribution in [-0.4, -0.2) is 44.2 Å². The van der Waals surface area contributed by atoms with E-state index in [1.54, 1.807) is 6.07 Å². The molecule has 0 amide bonds. The zero-order chi connectivity index (χ0) is 29.2. The van der Waals surface area contributed by atoms with E-state index in [-0.39, 0.29) is 21.8 Å². The second kappa shape index (κ2) is 11.0. The van der Waals surface area contributed by atoms with Gasteiger partial charge in [0.1, 0.15) is 11.6 Å². The van der Waals surface area contributed by atoms with Crippen molar-refractivity contribution in [2.24, 2.45) is 5.16 Å². The molecule has 7 nitrogen and oxygen atoms in total. The first-order valence-corrected chi connectivity index (χ1v) is 13.5. The summed E-state index contributed by atoms with van der Waals surface area (Å²) in [6, 6.07) is 17.5. The molecule has 0 bridgehead atoms. The number of nitrogens with zero attached hydrogens (tertiary/aromatic N) is 2. The van der Waals surface area contributed by atoms with Crippen LogP contribution in [0.25, 0.3) is 16.9 Å². The van der Waals surface area contributed by atoms with Gasteiger partial charge in [-0.05, 0) is 73.2 Å². The van der Waals surface area contributed by atoms with Crippen LogP contribution in [-0.2, 0) is 14.7 Å². The number of ether oxygens (including phenoxy) is 1. The summed E-state index contributed by atoms with van der Waals surface area (Å²) in [5.74, 6) is -1.38. The Labute approximate surface area is 227 Å². The number of oxime groups is 1. The van der Waals surface area contributed by atoms with Crippen molar-refractivity contribution >= 4 is 21.5 Å². The number of methoxy groups -OCH3 is 1. The summed E-state index contributed by atoms with van der Waals surface area (Å²) >= 11 is 0. The lowest BCUT2D eigenvalue weighted by molar-refractivity contribution is -0.0605. The fraction of sp³-hybridized carbons (Fsp3) is 0.143. The van der Waals surface area contributed by atoms with Gasteiger partial charge in [0.15, 0.2) is 15.5 Å². The van der Waals surface area contributed by atoms with Crippen molar-refractivity contribution in [3.8, 4) is 22.7 Å². The number of rotatable bonds is 7. The molecule has 0 unspecified atom stereocenters. The van der Waals surface area contributed by atoms with Gasteiger partial charge < -0.3 is 14.1 Å². The predicted molar refractivity (Wildman–Crippen MR) is 140 cm³/mol. The highest BCUT2D eigenvalue weighted by atomic mass is 32.2. The van der Waals surface area contributed by atoms with Gasteiger partial charge >= 0.3 is 12.1 Å². The lowest BCUT2D eigenvalue weighted by Crippen LogP contribution is -2.25. The molecule has 0 spiro atoms. The standard InChI is InChI=1S/C28H22F4N2O5S/c1-17-24(26(28(30,31)32)33-39-27(35)19-5-4-6-22(15-19)38-2)16-25(34(17)21-11-9-20(29)10-12-21)18-7-13-23(14-8-18)40(3,36)37/h4-16H,1-3H3/b33-26+. The Morgan fingerprint density at radius 1 is 0.950 bits per heavy atom. The molecule has 0 atom stereocenters.